The van der Waals surface area contributed by atoms with Crippen LogP contribution in [0, 0.1) is 0 Å². The van der Waals surface area contributed by atoms with Gasteiger partial charge in [0.05, 0.1) is 6.10 Å². The standard InChI is InChI=1S/C16H17N3O5/c1-9(20)19-7-10(21)6-11(19)16-17-15(18-24-16)14-8-22-12-4-2-3-5-13(12)23-14/h2-5,10-11,14,21H,6-8H2,1H3/t10-,11+,14?/m0/s1. The van der Waals surface area contributed by atoms with Crippen molar-refractivity contribution in [3.8, 4) is 11.5 Å². The van der Waals surface area contributed by atoms with Gasteiger partial charge in [0, 0.05) is 19.9 Å². The molecule has 24 heavy (non-hydrogen) atoms. The van der Waals surface area contributed by atoms with E-state index < -0.39 is 18.2 Å². The van der Waals surface area contributed by atoms with E-state index in [1.165, 1.54) is 11.8 Å². The smallest absolute Gasteiger partial charge is 0.249 e. The fraction of sp³-hybridized carbons (Fsp3) is 0.438. The Morgan fingerprint density at radius 1 is 1.33 bits per heavy atom. The molecule has 4 rings (SSSR count). The molecule has 2 aromatic rings. The summed E-state index contributed by atoms with van der Waals surface area (Å²) in [6.45, 7) is 2.01. The number of amides is 1. The van der Waals surface area contributed by atoms with Crippen molar-refractivity contribution < 1.29 is 23.9 Å². The number of nitrogens with zero attached hydrogens (tertiary/aromatic N) is 3. The highest BCUT2D eigenvalue weighted by molar-refractivity contribution is 5.74. The fourth-order valence-corrected chi connectivity index (χ4v) is 3.06. The maximum absolute atomic E-state index is 11.7. The Labute approximate surface area is 138 Å². The van der Waals surface area contributed by atoms with Gasteiger partial charge in [-0.25, -0.2) is 0 Å². The molecular formula is C16H17N3O5. The Morgan fingerprint density at radius 2 is 2.12 bits per heavy atom. The highest BCUT2D eigenvalue weighted by Crippen LogP contribution is 2.36. The summed E-state index contributed by atoms with van der Waals surface area (Å²) >= 11 is 0. The zero-order valence-corrected chi connectivity index (χ0v) is 13.1. The minimum Gasteiger partial charge on any atom is -0.485 e. The Kier molecular flexibility index (Phi) is 3.61. The van der Waals surface area contributed by atoms with Crippen LogP contribution in [0.3, 0.4) is 0 Å². The molecule has 0 saturated carbocycles. The lowest BCUT2D eigenvalue weighted by Gasteiger charge is -2.24. The highest BCUT2D eigenvalue weighted by atomic mass is 16.6. The summed E-state index contributed by atoms with van der Waals surface area (Å²) in [5.41, 5.74) is 0. The fourth-order valence-electron chi connectivity index (χ4n) is 3.06. The third-order valence-corrected chi connectivity index (χ3v) is 4.22. The maximum Gasteiger partial charge on any atom is 0.249 e. The van der Waals surface area contributed by atoms with Crippen molar-refractivity contribution in [2.45, 2.75) is 31.6 Å². The van der Waals surface area contributed by atoms with Gasteiger partial charge >= 0.3 is 0 Å². The maximum atomic E-state index is 11.7. The van der Waals surface area contributed by atoms with Crippen molar-refractivity contribution in [3.05, 3.63) is 36.0 Å². The van der Waals surface area contributed by atoms with Crippen LogP contribution in [-0.2, 0) is 4.79 Å². The van der Waals surface area contributed by atoms with Gasteiger partial charge in [0.25, 0.3) is 0 Å². The van der Waals surface area contributed by atoms with E-state index in [0.717, 1.165) is 0 Å². The van der Waals surface area contributed by atoms with Gasteiger partial charge in [-0.15, -0.1) is 0 Å². The van der Waals surface area contributed by atoms with Gasteiger partial charge in [0.2, 0.25) is 17.6 Å². The number of likely N-dealkylation sites (tertiary alicyclic amines) is 1. The zero-order valence-electron chi connectivity index (χ0n) is 13.1. The molecule has 0 bridgehead atoms. The summed E-state index contributed by atoms with van der Waals surface area (Å²) in [6, 6.07) is 6.97. The SMILES string of the molecule is CC(=O)N1C[C@@H](O)C[C@@H]1c1nc(C2COc3ccccc3O2)no1. The van der Waals surface area contributed by atoms with Gasteiger partial charge in [0.1, 0.15) is 12.6 Å². The number of hydrogen-bond donors (Lipinski definition) is 1. The number of hydrogen-bond acceptors (Lipinski definition) is 7. The van der Waals surface area contributed by atoms with E-state index in [1.807, 2.05) is 24.3 Å². The van der Waals surface area contributed by atoms with Crippen LogP contribution in [0.25, 0.3) is 0 Å². The molecule has 0 radical (unpaired) electrons. The third kappa shape index (κ3) is 2.58. The van der Waals surface area contributed by atoms with Crippen LogP contribution in [0.15, 0.2) is 28.8 Å². The first-order valence-corrected chi connectivity index (χ1v) is 7.79. The van der Waals surface area contributed by atoms with Crippen LogP contribution < -0.4 is 9.47 Å². The van der Waals surface area contributed by atoms with Crippen LogP contribution >= 0.6 is 0 Å². The summed E-state index contributed by atoms with van der Waals surface area (Å²) in [4.78, 5) is 17.6. The topological polar surface area (TPSA) is 97.9 Å². The van der Waals surface area contributed by atoms with Crippen LogP contribution in [0.4, 0.5) is 0 Å². The molecule has 2 aliphatic heterocycles. The predicted molar refractivity (Wildman–Crippen MR) is 80.4 cm³/mol. The van der Waals surface area contributed by atoms with E-state index in [1.54, 1.807) is 0 Å². The first-order valence-electron chi connectivity index (χ1n) is 7.79. The summed E-state index contributed by atoms with van der Waals surface area (Å²) in [5, 5.41) is 13.8. The number of β-amino-alcohol motifs (C(OH)–C–C–N with tert-alkyl or cyclic N) is 1. The molecule has 1 amide bonds. The lowest BCUT2D eigenvalue weighted by molar-refractivity contribution is -0.130. The molecule has 2 aliphatic rings. The molecule has 0 aliphatic carbocycles. The number of aromatic nitrogens is 2. The molecule has 1 saturated heterocycles. The third-order valence-electron chi connectivity index (χ3n) is 4.22. The summed E-state index contributed by atoms with van der Waals surface area (Å²) in [6.07, 6.45) is -0.684. The van der Waals surface area contributed by atoms with Crippen molar-refractivity contribution in [1.82, 2.24) is 15.0 Å². The van der Waals surface area contributed by atoms with Gasteiger partial charge in [0.15, 0.2) is 17.6 Å². The van der Waals surface area contributed by atoms with Gasteiger partial charge in [-0.2, -0.15) is 4.98 Å². The van der Waals surface area contributed by atoms with E-state index in [-0.39, 0.29) is 19.1 Å². The zero-order chi connectivity index (χ0) is 16.7. The number of aliphatic hydroxyl groups is 1. The van der Waals surface area contributed by atoms with Crippen LogP contribution in [-0.4, -0.2) is 45.3 Å². The molecule has 1 N–H and O–H groups in total. The second kappa shape index (κ2) is 5.79. The van der Waals surface area contributed by atoms with Gasteiger partial charge < -0.3 is 24.0 Å². The average molecular weight is 331 g/mol. The molecule has 126 valence electrons. The number of benzene rings is 1. The molecule has 3 atom stereocenters. The largest absolute Gasteiger partial charge is 0.485 e. The molecule has 1 fully saturated rings. The second-order valence-corrected chi connectivity index (χ2v) is 5.93. The Hall–Kier alpha value is -2.61. The lowest BCUT2D eigenvalue weighted by atomic mass is 10.2. The number of carbonyl (C=O) groups excluding carboxylic acids is 1. The molecule has 1 aromatic carbocycles. The van der Waals surface area contributed by atoms with E-state index >= 15 is 0 Å². The van der Waals surface area contributed by atoms with Crippen LogP contribution in [0.2, 0.25) is 0 Å². The quantitative estimate of drug-likeness (QED) is 0.884. The number of rotatable bonds is 2. The van der Waals surface area contributed by atoms with Crippen molar-refractivity contribution in [3.63, 3.8) is 0 Å². The van der Waals surface area contributed by atoms with Gasteiger partial charge in [-0.3, -0.25) is 4.79 Å². The van der Waals surface area contributed by atoms with E-state index in [0.29, 0.717) is 29.6 Å². The lowest BCUT2D eigenvalue weighted by Crippen LogP contribution is -2.29. The minimum absolute atomic E-state index is 0.137. The van der Waals surface area contributed by atoms with Gasteiger partial charge in [-0.05, 0) is 12.1 Å². The average Bonchev–Trinajstić information content (AvgIpc) is 3.21. The van der Waals surface area contributed by atoms with Crippen LogP contribution in [0.1, 0.15) is 37.2 Å². The molecule has 8 nitrogen and oxygen atoms in total. The Balaban J connectivity index is 1.54. The second-order valence-electron chi connectivity index (χ2n) is 5.93. The number of para-hydroxylation sites is 2. The normalized spacial score (nSPS) is 25.8. The minimum atomic E-state index is -0.588. The molecule has 8 heteroatoms. The highest BCUT2D eigenvalue weighted by Gasteiger charge is 2.38. The Morgan fingerprint density at radius 3 is 2.92 bits per heavy atom. The number of aliphatic hydroxyl groups excluding tert-OH is 1. The number of carbonyl (C=O) groups is 1. The molecule has 1 aromatic heterocycles. The summed E-state index contributed by atoms with van der Waals surface area (Å²) in [5.74, 6) is 1.84. The number of ether oxygens (including phenoxy) is 2. The molecule has 1 unspecified atom stereocenters. The van der Waals surface area contributed by atoms with E-state index in [4.69, 9.17) is 14.0 Å². The predicted octanol–water partition coefficient (Wildman–Crippen LogP) is 1.24. The Bertz CT molecular complexity index is 762. The summed E-state index contributed by atoms with van der Waals surface area (Å²) < 4.78 is 16.8. The van der Waals surface area contributed by atoms with Crippen molar-refractivity contribution in [2.75, 3.05) is 13.2 Å². The van der Waals surface area contributed by atoms with Crippen LogP contribution in [0.5, 0.6) is 11.5 Å². The molecular weight excluding hydrogens is 314 g/mol. The van der Waals surface area contributed by atoms with Gasteiger partial charge in [-0.1, -0.05) is 17.3 Å². The van der Waals surface area contributed by atoms with Crippen molar-refractivity contribution >= 4 is 5.91 Å². The molecule has 3 heterocycles. The first-order chi connectivity index (χ1) is 11.6. The first kappa shape index (κ1) is 14.9. The summed E-state index contributed by atoms with van der Waals surface area (Å²) in [7, 11) is 0. The molecule has 0 spiro atoms. The van der Waals surface area contributed by atoms with E-state index in [2.05, 4.69) is 10.1 Å². The van der Waals surface area contributed by atoms with Crippen molar-refractivity contribution in [2.24, 2.45) is 0 Å². The number of fused-ring (bicyclic) bond motifs is 1. The monoisotopic (exact) mass is 331 g/mol. The van der Waals surface area contributed by atoms with E-state index in [9.17, 15) is 9.90 Å². The van der Waals surface area contributed by atoms with Crippen molar-refractivity contribution in [1.29, 1.82) is 0 Å².